The molecule has 2 aromatic carbocycles. The summed E-state index contributed by atoms with van der Waals surface area (Å²) < 4.78 is 11.7. The number of halogens is 1. The van der Waals surface area contributed by atoms with Crippen molar-refractivity contribution < 1.29 is 9.47 Å². The molecule has 0 N–H and O–H groups in total. The molecule has 0 bridgehead atoms. The quantitative estimate of drug-likeness (QED) is 0.769. The molecule has 0 radical (unpaired) electrons. The van der Waals surface area contributed by atoms with Crippen LogP contribution in [0.5, 0.6) is 0 Å². The Morgan fingerprint density at radius 1 is 1.22 bits per heavy atom. The van der Waals surface area contributed by atoms with E-state index in [1.807, 2.05) is 19.1 Å². The monoisotopic (exact) mass is 262 g/mol. The molecule has 1 saturated heterocycles. The molecule has 3 heteroatoms. The Kier molecular flexibility index (Phi) is 3.02. The Hall–Kier alpha value is -1.09. The molecule has 2 nitrogen and oxygen atoms in total. The Balaban J connectivity index is 1.99. The van der Waals surface area contributed by atoms with Gasteiger partial charge in [-0.05, 0) is 23.8 Å². The lowest BCUT2D eigenvalue weighted by Gasteiger charge is -2.24. The fraction of sp³-hybridized carbons (Fsp3) is 0.333. The van der Waals surface area contributed by atoms with Crippen molar-refractivity contribution in [2.45, 2.75) is 18.8 Å². The minimum absolute atomic E-state index is 0.0249. The third-order valence-corrected chi connectivity index (χ3v) is 3.73. The fourth-order valence-corrected chi connectivity index (χ4v) is 2.49. The molecular weight excluding hydrogens is 248 g/mol. The highest BCUT2D eigenvalue weighted by molar-refractivity contribution is 6.18. The Morgan fingerprint density at radius 3 is 2.72 bits per heavy atom. The molecule has 1 aliphatic rings. The predicted octanol–water partition coefficient (Wildman–Crippen LogP) is 3.67. The predicted molar refractivity (Wildman–Crippen MR) is 72.8 cm³/mol. The third kappa shape index (κ3) is 2.01. The van der Waals surface area contributed by atoms with Crippen LogP contribution in [0.3, 0.4) is 0 Å². The van der Waals surface area contributed by atoms with Crippen molar-refractivity contribution in [3.63, 3.8) is 0 Å². The van der Waals surface area contributed by atoms with E-state index in [1.54, 1.807) is 0 Å². The van der Waals surface area contributed by atoms with Crippen LogP contribution < -0.4 is 0 Å². The molecule has 1 fully saturated rings. The zero-order valence-corrected chi connectivity index (χ0v) is 11.0. The average Bonchev–Trinajstić information content (AvgIpc) is 2.81. The molecule has 2 unspecified atom stereocenters. The van der Waals surface area contributed by atoms with Crippen LogP contribution >= 0.6 is 11.6 Å². The van der Waals surface area contributed by atoms with Gasteiger partial charge >= 0.3 is 0 Å². The Bertz CT molecular complexity index is 569. The van der Waals surface area contributed by atoms with Gasteiger partial charge in [0.15, 0.2) is 5.79 Å². The van der Waals surface area contributed by atoms with Gasteiger partial charge in [0, 0.05) is 5.56 Å². The molecular formula is C15H15ClO2. The Morgan fingerprint density at radius 2 is 2.00 bits per heavy atom. The maximum Gasteiger partial charge on any atom is 0.192 e. The summed E-state index contributed by atoms with van der Waals surface area (Å²) in [5.41, 5.74) is 1.04. The summed E-state index contributed by atoms with van der Waals surface area (Å²) in [6, 6.07) is 14.5. The molecule has 18 heavy (non-hydrogen) atoms. The summed E-state index contributed by atoms with van der Waals surface area (Å²) in [6.07, 6.45) is -0.0249. The van der Waals surface area contributed by atoms with E-state index in [0.29, 0.717) is 12.5 Å². The highest BCUT2D eigenvalue weighted by Gasteiger charge is 2.38. The van der Waals surface area contributed by atoms with Gasteiger partial charge < -0.3 is 9.47 Å². The summed E-state index contributed by atoms with van der Waals surface area (Å²) >= 11 is 5.81. The fourth-order valence-electron chi connectivity index (χ4n) is 2.34. The van der Waals surface area contributed by atoms with Crippen LogP contribution in [0.15, 0.2) is 42.5 Å². The first-order valence-electron chi connectivity index (χ1n) is 6.08. The van der Waals surface area contributed by atoms with Crippen molar-refractivity contribution in [1.29, 1.82) is 0 Å². The number of hydrogen-bond donors (Lipinski definition) is 0. The van der Waals surface area contributed by atoms with E-state index in [2.05, 4.69) is 30.3 Å². The van der Waals surface area contributed by atoms with Crippen LogP contribution in [0.25, 0.3) is 10.8 Å². The van der Waals surface area contributed by atoms with Gasteiger partial charge in [0.1, 0.15) is 0 Å². The topological polar surface area (TPSA) is 18.5 Å². The summed E-state index contributed by atoms with van der Waals surface area (Å²) in [7, 11) is 0. The van der Waals surface area contributed by atoms with Gasteiger partial charge in [-0.25, -0.2) is 0 Å². The van der Waals surface area contributed by atoms with E-state index in [0.717, 1.165) is 5.56 Å². The second-order valence-electron chi connectivity index (χ2n) is 4.71. The van der Waals surface area contributed by atoms with Crippen molar-refractivity contribution in [2.75, 3.05) is 12.5 Å². The number of rotatable bonds is 2. The molecule has 0 aromatic heterocycles. The lowest BCUT2D eigenvalue weighted by molar-refractivity contribution is -0.159. The number of fused-ring (bicyclic) bond motifs is 1. The Labute approximate surface area is 111 Å². The minimum Gasteiger partial charge on any atom is -0.343 e. The van der Waals surface area contributed by atoms with Gasteiger partial charge in [-0.1, -0.05) is 36.4 Å². The lowest BCUT2D eigenvalue weighted by atomic mass is 10.0. The van der Waals surface area contributed by atoms with E-state index < -0.39 is 5.79 Å². The van der Waals surface area contributed by atoms with Gasteiger partial charge in [-0.15, -0.1) is 11.6 Å². The van der Waals surface area contributed by atoms with E-state index in [4.69, 9.17) is 21.1 Å². The maximum atomic E-state index is 5.88. The van der Waals surface area contributed by atoms with Crippen LogP contribution in [0.2, 0.25) is 0 Å². The van der Waals surface area contributed by atoms with Crippen LogP contribution in [0.1, 0.15) is 12.5 Å². The SMILES string of the molecule is CC1(c2ccc3ccccc3c2)OCC(CCl)O1. The van der Waals surface area contributed by atoms with Gasteiger partial charge in [0.2, 0.25) is 0 Å². The average molecular weight is 263 g/mol. The molecule has 0 saturated carbocycles. The minimum atomic E-state index is -0.677. The lowest BCUT2D eigenvalue weighted by Crippen LogP contribution is -2.24. The molecule has 1 heterocycles. The zero-order valence-electron chi connectivity index (χ0n) is 10.2. The molecule has 0 spiro atoms. The van der Waals surface area contributed by atoms with Crippen molar-refractivity contribution in [1.82, 2.24) is 0 Å². The standard InChI is InChI=1S/C15H15ClO2/c1-15(17-10-14(9-16)18-15)13-7-6-11-4-2-3-5-12(11)8-13/h2-8,14H,9-10H2,1H3. The van der Waals surface area contributed by atoms with Gasteiger partial charge in [0.25, 0.3) is 0 Å². The van der Waals surface area contributed by atoms with E-state index >= 15 is 0 Å². The third-order valence-electron chi connectivity index (χ3n) is 3.38. The number of alkyl halides is 1. The first-order chi connectivity index (χ1) is 8.71. The van der Waals surface area contributed by atoms with E-state index in [9.17, 15) is 0 Å². The van der Waals surface area contributed by atoms with Gasteiger partial charge in [-0.3, -0.25) is 0 Å². The first-order valence-corrected chi connectivity index (χ1v) is 6.62. The van der Waals surface area contributed by atoms with E-state index in [-0.39, 0.29) is 6.10 Å². The molecule has 3 rings (SSSR count). The summed E-state index contributed by atoms with van der Waals surface area (Å²) in [5, 5.41) is 2.41. The van der Waals surface area contributed by atoms with Crippen LogP contribution in [-0.4, -0.2) is 18.6 Å². The smallest absolute Gasteiger partial charge is 0.192 e. The van der Waals surface area contributed by atoms with Crippen molar-refractivity contribution in [2.24, 2.45) is 0 Å². The van der Waals surface area contributed by atoms with Crippen molar-refractivity contribution in [3.05, 3.63) is 48.0 Å². The van der Waals surface area contributed by atoms with Crippen molar-refractivity contribution >= 4 is 22.4 Å². The van der Waals surface area contributed by atoms with Crippen molar-refractivity contribution in [3.8, 4) is 0 Å². The second kappa shape index (κ2) is 4.54. The number of hydrogen-bond acceptors (Lipinski definition) is 2. The number of benzene rings is 2. The van der Waals surface area contributed by atoms with E-state index in [1.165, 1.54) is 10.8 Å². The molecule has 2 atom stereocenters. The molecule has 1 aliphatic heterocycles. The summed E-state index contributed by atoms with van der Waals surface area (Å²) in [4.78, 5) is 0. The van der Waals surface area contributed by atoms with Gasteiger partial charge in [0.05, 0.1) is 18.6 Å². The highest BCUT2D eigenvalue weighted by atomic mass is 35.5. The highest BCUT2D eigenvalue weighted by Crippen LogP contribution is 2.35. The number of ether oxygens (including phenoxy) is 2. The molecule has 2 aromatic rings. The van der Waals surface area contributed by atoms with Gasteiger partial charge in [-0.2, -0.15) is 0 Å². The first kappa shape index (κ1) is 12.0. The van der Waals surface area contributed by atoms with Crippen LogP contribution in [-0.2, 0) is 15.3 Å². The zero-order chi connectivity index (χ0) is 12.6. The summed E-state index contributed by atoms with van der Waals surface area (Å²) in [5.74, 6) is -0.216. The van der Waals surface area contributed by atoms with Crippen LogP contribution in [0.4, 0.5) is 0 Å². The summed E-state index contributed by atoms with van der Waals surface area (Å²) in [6.45, 7) is 2.50. The molecule has 94 valence electrons. The largest absolute Gasteiger partial charge is 0.343 e. The van der Waals surface area contributed by atoms with Crippen LogP contribution in [0, 0.1) is 0 Å². The normalized spacial score (nSPS) is 27.8. The molecule has 0 amide bonds. The second-order valence-corrected chi connectivity index (χ2v) is 5.02. The molecule has 0 aliphatic carbocycles. The maximum absolute atomic E-state index is 5.88.